The maximum Gasteiger partial charge on any atom is 0.118 e. The van der Waals surface area contributed by atoms with Gasteiger partial charge in [-0.1, -0.05) is 24.0 Å². The highest BCUT2D eigenvalue weighted by atomic mass is 16.3. The van der Waals surface area contributed by atoms with Crippen LogP contribution in [0.4, 0.5) is 0 Å². The number of phenolic OH excluding ortho intramolecular Hbond substituents is 1. The minimum atomic E-state index is 0.300. The van der Waals surface area contributed by atoms with E-state index < -0.39 is 0 Å². The minimum absolute atomic E-state index is 0.300. The number of rotatable bonds is 2. The Morgan fingerprint density at radius 3 is 2.45 bits per heavy atom. The van der Waals surface area contributed by atoms with Crippen LogP contribution in [-0.2, 0) is 6.54 Å². The highest BCUT2D eigenvalue weighted by molar-refractivity contribution is 5.47. The first-order valence-corrected chi connectivity index (χ1v) is 7.07. The number of hydrogen-bond acceptors (Lipinski definition) is 2. The molecule has 0 bridgehead atoms. The predicted molar refractivity (Wildman–Crippen MR) is 86.6 cm³/mol. The first-order valence-electron chi connectivity index (χ1n) is 7.07. The maximum absolute atomic E-state index is 9.51. The van der Waals surface area contributed by atoms with Crippen molar-refractivity contribution < 1.29 is 5.11 Å². The number of aromatic hydroxyl groups is 1. The van der Waals surface area contributed by atoms with E-state index >= 15 is 0 Å². The largest absolute Gasteiger partial charge is 0.508 e. The van der Waals surface area contributed by atoms with Crippen LogP contribution in [-0.4, -0.2) is 14.7 Å². The normalized spacial score (nSPS) is 10.0. The summed E-state index contributed by atoms with van der Waals surface area (Å²) in [6, 6.07) is 13.6. The summed E-state index contributed by atoms with van der Waals surface area (Å²) < 4.78 is 2.03. The van der Waals surface area contributed by atoms with Crippen LogP contribution in [0.5, 0.6) is 5.75 Å². The van der Waals surface area contributed by atoms with Crippen molar-refractivity contribution >= 4 is 0 Å². The molecule has 0 aliphatic carbocycles. The van der Waals surface area contributed by atoms with Crippen molar-refractivity contribution in [1.82, 2.24) is 9.55 Å². The lowest BCUT2D eigenvalue weighted by Gasteiger charge is -2.02. The van der Waals surface area contributed by atoms with Gasteiger partial charge in [0.2, 0.25) is 0 Å². The molecule has 1 N–H and O–H groups in total. The van der Waals surface area contributed by atoms with Gasteiger partial charge in [-0.2, -0.15) is 0 Å². The monoisotopic (exact) mass is 288 g/mol. The molecule has 2 aromatic carbocycles. The molecule has 3 aromatic rings. The van der Waals surface area contributed by atoms with Gasteiger partial charge < -0.3 is 9.67 Å². The second-order valence-corrected chi connectivity index (χ2v) is 5.18. The third kappa shape index (κ3) is 3.36. The Balaban J connectivity index is 1.73. The van der Waals surface area contributed by atoms with E-state index in [1.807, 2.05) is 42.0 Å². The van der Waals surface area contributed by atoms with Gasteiger partial charge in [-0.25, -0.2) is 4.98 Å². The number of aromatic nitrogens is 2. The molecule has 3 rings (SSSR count). The average Bonchev–Trinajstić information content (AvgIpc) is 3.03. The number of benzene rings is 2. The van der Waals surface area contributed by atoms with Gasteiger partial charge in [0.25, 0.3) is 0 Å². The van der Waals surface area contributed by atoms with Crippen LogP contribution < -0.4 is 0 Å². The fourth-order valence-corrected chi connectivity index (χ4v) is 2.16. The van der Waals surface area contributed by atoms with Crippen molar-refractivity contribution in [3.05, 3.63) is 83.4 Å². The summed E-state index contributed by atoms with van der Waals surface area (Å²) in [6.07, 6.45) is 5.53. The van der Waals surface area contributed by atoms with E-state index in [0.717, 1.165) is 23.2 Å². The van der Waals surface area contributed by atoms with E-state index in [9.17, 15) is 5.11 Å². The van der Waals surface area contributed by atoms with Crippen LogP contribution in [0.15, 0.2) is 61.2 Å². The number of imidazole rings is 1. The van der Waals surface area contributed by atoms with Crippen molar-refractivity contribution in [2.24, 2.45) is 0 Å². The zero-order chi connectivity index (χ0) is 15.4. The lowest BCUT2D eigenvalue weighted by molar-refractivity contribution is 0.471. The van der Waals surface area contributed by atoms with Gasteiger partial charge in [0.05, 0.1) is 6.33 Å². The molecule has 0 aliphatic heterocycles. The van der Waals surface area contributed by atoms with E-state index in [1.54, 1.807) is 18.6 Å². The van der Waals surface area contributed by atoms with Crippen LogP contribution in [0, 0.1) is 18.8 Å². The summed E-state index contributed by atoms with van der Waals surface area (Å²) in [5.74, 6) is 6.56. The second-order valence-electron chi connectivity index (χ2n) is 5.18. The van der Waals surface area contributed by atoms with E-state index in [2.05, 4.69) is 29.0 Å². The van der Waals surface area contributed by atoms with E-state index in [4.69, 9.17) is 0 Å². The van der Waals surface area contributed by atoms with Gasteiger partial charge in [-0.3, -0.25) is 0 Å². The van der Waals surface area contributed by atoms with Gasteiger partial charge in [0.1, 0.15) is 5.75 Å². The third-order valence-electron chi connectivity index (χ3n) is 3.43. The molecule has 0 atom stereocenters. The SMILES string of the molecule is Cc1cc(C#Cc2ccc(Cn3ccnc3)cc2)ccc1O. The van der Waals surface area contributed by atoms with Crippen molar-refractivity contribution in [2.45, 2.75) is 13.5 Å². The first kappa shape index (κ1) is 14.0. The minimum Gasteiger partial charge on any atom is -0.508 e. The fourth-order valence-electron chi connectivity index (χ4n) is 2.16. The quantitative estimate of drug-likeness (QED) is 0.734. The molecule has 0 saturated carbocycles. The molecule has 3 nitrogen and oxygen atoms in total. The van der Waals surface area contributed by atoms with Gasteiger partial charge in [0, 0.05) is 30.1 Å². The van der Waals surface area contributed by atoms with Crippen LogP contribution in [0.3, 0.4) is 0 Å². The molecule has 0 amide bonds. The Morgan fingerprint density at radius 2 is 1.77 bits per heavy atom. The predicted octanol–water partition coefficient (Wildman–Crippen LogP) is 3.35. The van der Waals surface area contributed by atoms with Crippen LogP contribution in [0.2, 0.25) is 0 Å². The zero-order valence-electron chi connectivity index (χ0n) is 12.3. The number of nitrogens with zero attached hydrogens (tertiary/aromatic N) is 2. The van der Waals surface area contributed by atoms with Crippen molar-refractivity contribution in [2.75, 3.05) is 0 Å². The Labute approximate surface area is 129 Å². The molecular weight excluding hydrogens is 272 g/mol. The van der Waals surface area contributed by atoms with Crippen LogP contribution in [0.1, 0.15) is 22.3 Å². The Bertz CT molecular complexity index is 822. The number of aryl methyl sites for hydroxylation is 1. The molecule has 108 valence electrons. The molecule has 22 heavy (non-hydrogen) atoms. The topological polar surface area (TPSA) is 38.0 Å². The molecule has 0 aliphatic rings. The summed E-state index contributed by atoms with van der Waals surface area (Å²) in [4.78, 5) is 4.03. The molecule has 0 unspecified atom stereocenters. The molecular formula is C19H16N2O. The second kappa shape index (κ2) is 6.19. The van der Waals surface area contributed by atoms with Crippen molar-refractivity contribution in [3.63, 3.8) is 0 Å². The fraction of sp³-hybridized carbons (Fsp3) is 0.105. The van der Waals surface area contributed by atoms with Crippen molar-refractivity contribution in [1.29, 1.82) is 0 Å². The third-order valence-corrected chi connectivity index (χ3v) is 3.43. The Morgan fingerprint density at radius 1 is 1.05 bits per heavy atom. The highest BCUT2D eigenvalue weighted by Crippen LogP contribution is 2.16. The molecule has 1 heterocycles. The molecule has 1 aromatic heterocycles. The van der Waals surface area contributed by atoms with Crippen molar-refractivity contribution in [3.8, 4) is 17.6 Å². The summed E-state index contributed by atoms with van der Waals surface area (Å²) in [6.45, 7) is 2.68. The smallest absolute Gasteiger partial charge is 0.118 e. The van der Waals surface area contributed by atoms with E-state index in [0.29, 0.717) is 5.75 Å². The molecule has 0 radical (unpaired) electrons. The summed E-state index contributed by atoms with van der Waals surface area (Å²) >= 11 is 0. The van der Waals surface area contributed by atoms with E-state index in [1.165, 1.54) is 5.56 Å². The maximum atomic E-state index is 9.51. The summed E-state index contributed by atoms with van der Waals surface area (Å²) in [7, 11) is 0. The number of phenols is 1. The average molecular weight is 288 g/mol. The van der Waals surface area contributed by atoms with Crippen LogP contribution >= 0.6 is 0 Å². The molecule has 0 fully saturated rings. The summed E-state index contributed by atoms with van der Waals surface area (Å²) in [5.41, 5.74) is 3.92. The van der Waals surface area contributed by atoms with E-state index in [-0.39, 0.29) is 0 Å². The lowest BCUT2D eigenvalue weighted by Crippen LogP contribution is -1.95. The molecule has 0 saturated heterocycles. The van der Waals surface area contributed by atoms with Gasteiger partial charge in [-0.05, 0) is 48.4 Å². The van der Waals surface area contributed by atoms with Gasteiger partial charge in [-0.15, -0.1) is 0 Å². The van der Waals surface area contributed by atoms with Gasteiger partial charge in [0.15, 0.2) is 0 Å². The number of hydrogen-bond donors (Lipinski definition) is 1. The standard InChI is InChI=1S/C19H16N2O/c1-15-12-17(8-9-19(15)22)5-2-16-3-6-18(7-4-16)13-21-11-10-20-14-21/h3-4,6-12,14,22H,13H2,1H3. The molecule has 0 spiro atoms. The van der Waals surface area contributed by atoms with Gasteiger partial charge >= 0.3 is 0 Å². The summed E-state index contributed by atoms with van der Waals surface area (Å²) in [5, 5.41) is 9.51. The Hall–Kier alpha value is -2.99. The molecule has 3 heteroatoms. The highest BCUT2D eigenvalue weighted by Gasteiger charge is 1.96. The van der Waals surface area contributed by atoms with Crippen LogP contribution in [0.25, 0.3) is 0 Å². The first-order chi connectivity index (χ1) is 10.7. The lowest BCUT2D eigenvalue weighted by atomic mass is 10.1. The zero-order valence-corrected chi connectivity index (χ0v) is 12.3. The Kier molecular flexibility index (Phi) is 3.93.